The molecule has 5 heteroatoms. The number of fused-ring (bicyclic) bond motifs is 17. The normalized spacial score (nSPS) is 12.0. The summed E-state index contributed by atoms with van der Waals surface area (Å²) in [6.07, 6.45) is 5.65. The molecule has 0 aliphatic carbocycles. The number of nitrogens with zero attached hydrogens (tertiary/aromatic N) is 2. The molecule has 2 aliphatic rings. The molecule has 0 atom stereocenters. The van der Waals surface area contributed by atoms with Gasteiger partial charge in [0.1, 0.15) is 0 Å². The third-order valence-corrected chi connectivity index (χ3v) is 10.7. The molecule has 4 aromatic heterocycles. The van der Waals surface area contributed by atoms with Gasteiger partial charge in [-0.15, -0.1) is 0 Å². The molecule has 3 N–H and O–H groups in total. The smallest absolute Gasteiger partial charge is 0.0737 e. The number of hydrogen-bond donors (Lipinski definition) is 3. The molecule has 6 aromatic rings. The van der Waals surface area contributed by atoms with E-state index >= 15 is 0 Å². The van der Waals surface area contributed by atoms with Crippen molar-refractivity contribution in [1.29, 1.82) is 0 Å². The Balaban J connectivity index is 1.60. The van der Waals surface area contributed by atoms with Crippen LogP contribution in [0.4, 0.5) is 0 Å². The summed E-state index contributed by atoms with van der Waals surface area (Å²) in [5, 5.41) is 0. The Morgan fingerprint density at radius 3 is 0.918 bits per heavy atom. The second kappa shape index (κ2) is 12.4. The van der Waals surface area contributed by atoms with Crippen LogP contribution in [0.15, 0.2) is 72.8 Å². The number of rotatable bonds is 6. The highest BCUT2D eigenvalue weighted by Crippen LogP contribution is 2.40. The lowest BCUT2D eigenvalue weighted by molar-refractivity contribution is 1.07. The van der Waals surface area contributed by atoms with Gasteiger partial charge in [0, 0.05) is 44.3 Å². The van der Waals surface area contributed by atoms with Gasteiger partial charge in [-0.1, -0.05) is 90.1 Å². The largest absolute Gasteiger partial charge is 0.355 e. The van der Waals surface area contributed by atoms with E-state index in [1.54, 1.807) is 0 Å². The van der Waals surface area contributed by atoms with Crippen molar-refractivity contribution in [2.45, 2.75) is 80.1 Å². The van der Waals surface area contributed by atoms with Gasteiger partial charge in [-0.25, -0.2) is 9.97 Å². The Kier molecular flexibility index (Phi) is 7.86. The monoisotopic (exact) mass is 643 g/mol. The maximum atomic E-state index is 5.34. The lowest BCUT2D eigenvalue weighted by Gasteiger charge is -2.01. The summed E-state index contributed by atoms with van der Waals surface area (Å²) >= 11 is 0. The third-order valence-electron chi connectivity index (χ3n) is 10.7. The van der Waals surface area contributed by atoms with Crippen molar-refractivity contribution in [1.82, 2.24) is 24.9 Å². The molecule has 0 saturated carbocycles. The van der Waals surface area contributed by atoms with Gasteiger partial charge in [-0.05, 0) is 96.2 Å². The van der Waals surface area contributed by atoms with Crippen LogP contribution in [0.5, 0.6) is 0 Å². The summed E-state index contributed by atoms with van der Waals surface area (Å²) in [5.41, 5.74) is 23.8. The highest BCUT2D eigenvalue weighted by Gasteiger charge is 2.21. The average molecular weight is 644 g/mol. The summed E-state index contributed by atoms with van der Waals surface area (Å²) in [7, 11) is 0. The summed E-state index contributed by atoms with van der Waals surface area (Å²) in [6, 6.07) is 26.4. The number of aromatic amines is 3. The molecular formula is C44H45N5. The highest BCUT2D eigenvalue weighted by atomic mass is 14.8. The molecule has 5 nitrogen and oxygen atoms in total. The molecule has 0 saturated heterocycles. The second-order valence-corrected chi connectivity index (χ2v) is 13.2. The van der Waals surface area contributed by atoms with Gasteiger partial charge in [0.15, 0.2) is 0 Å². The van der Waals surface area contributed by atoms with Gasteiger partial charge in [-0.2, -0.15) is 0 Å². The summed E-state index contributed by atoms with van der Waals surface area (Å²) in [5.74, 6) is 0. The molecule has 49 heavy (non-hydrogen) atoms. The van der Waals surface area contributed by atoms with Crippen LogP contribution in [-0.2, 0) is 38.5 Å². The topological polar surface area (TPSA) is 73.2 Å². The zero-order chi connectivity index (χ0) is 33.8. The van der Waals surface area contributed by atoms with Crippen molar-refractivity contribution >= 4 is 33.1 Å². The van der Waals surface area contributed by atoms with Crippen molar-refractivity contribution in [3.05, 3.63) is 106 Å². The lowest BCUT2D eigenvalue weighted by atomic mass is 10.0. The van der Waals surface area contributed by atoms with Crippen molar-refractivity contribution in [2.75, 3.05) is 0 Å². The fourth-order valence-electron chi connectivity index (χ4n) is 8.48. The molecule has 2 aromatic carbocycles. The van der Waals surface area contributed by atoms with E-state index < -0.39 is 0 Å². The van der Waals surface area contributed by atoms with Crippen LogP contribution in [0.3, 0.4) is 0 Å². The van der Waals surface area contributed by atoms with E-state index in [1.807, 2.05) is 0 Å². The number of benzene rings is 2. The first-order chi connectivity index (χ1) is 24.0. The molecule has 0 unspecified atom stereocenters. The molecule has 246 valence electrons. The molecule has 0 fully saturated rings. The fourth-order valence-corrected chi connectivity index (χ4v) is 8.48. The second-order valence-electron chi connectivity index (χ2n) is 13.2. The van der Waals surface area contributed by atoms with E-state index in [0.29, 0.717) is 0 Å². The van der Waals surface area contributed by atoms with Crippen molar-refractivity contribution in [3.63, 3.8) is 0 Å². The lowest BCUT2D eigenvalue weighted by Crippen LogP contribution is -1.88. The first-order valence-corrected chi connectivity index (χ1v) is 18.2. The third kappa shape index (κ3) is 4.89. The van der Waals surface area contributed by atoms with E-state index in [-0.39, 0.29) is 0 Å². The molecule has 0 spiro atoms. The minimum absolute atomic E-state index is 0.935. The zero-order valence-corrected chi connectivity index (χ0v) is 29.6. The van der Waals surface area contributed by atoms with Gasteiger partial charge in [0.25, 0.3) is 0 Å². The van der Waals surface area contributed by atoms with E-state index in [9.17, 15) is 0 Å². The minimum Gasteiger partial charge on any atom is -0.355 e. The van der Waals surface area contributed by atoms with Gasteiger partial charge in [-0.3, -0.25) is 0 Å². The first-order valence-electron chi connectivity index (χ1n) is 18.2. The summed E-state index contributed by atoms with van der Waals surface area (Å²) in [6.45, 7) is 13.6. The van der Waals surface area contributed by atoms with E-state index in [1.165, 1.54) is 66.7 Å². The van der Waals surface area contributed by atoms with E-state index in [2.05, 4.69) is 129 Å². The van der Waals surface area contributed by atoms with E-state index in [4.69, 9.17) is 9.97 Å². The van der Waals surface area contributed by atoms with Crippen LogP contribution < -0.4 is 0 Å². The van der Waals surface area contributed by atoms with Crippen molar-refractivity contribution in [3.8, 4) is 45.0 Å². The van der Waals surface area contributed by atoms with Gasteiger partial charge in [0.2, 0.25) is 0 Å². The standard InChI is InChI=1S/C44H45N5/c1-7-25-26(8-2)36-22-40-32-18-14-16-20-34(32)42(47-40)24-38-28(10-4)30(12-6)44(49-38)43-29(11-5)27(9-3)37(48-43)23-41-33-19-15-13-17-31(33)39(46-41)21-35(25)45-36/h13-24,45,48-49H,7-12H2,1-6H3. The van der Waals surface area contributed by atoms with Crippen LogP contribution >= 0.6 is 0 Å². The number of hydrogen-bond acceptors (Lipinski definition) is 2. The highest BCUT2D eigenvalue weighted by molar-refractivity contribution is 5.94. The zero-order valence-electron chi connectivity index (χ0n) is 29.6. The molecule has 0 radical (unpaired) electrons. The van der Waals surface area contributed by atoms with Gasteiger partial charge < -0.3 is 15.0 Å². The first kappa shape index (κ1) is 31.1. The van der Waals surface area contributed by atoms with Gasteiger partial charge in [0.05, 0.1) is 33.8 Å². The number of nitrogens with one attached hydrogen (secondary N) is 3. The molecule has 0 amide bonds. The SMILES string of the molecule is CCc1c(CC)c2cc3nc(cc4[nH]c(c(CC)c4CC)c4[nH]c(cc5nc(cc1[nH]2)-c1ccccc1-5)c(CC)c4CC)-c1ccccc1-3. The van der Waals surface area contributed by atoms with Crippen molar-refractivity contribution in [2.24, 2.45) is 0 Å². The Hall–Kier alpha value is -5.16. The Morgan fingerprint density at radius 2 is 0.633 bits per heavy atom. The van der Waals surface area contributed by atoms with E-state index in [0.717, 1.165) is 83.4 Å². The minimum atomic E-state index is 0.935. The van der Waals surface area contributed by atoms with Crippen LogP contribution in [0, 0.1) is 0 Å². The van der Waals surface area contributed by atoms with Crippen LogP contribution in [0.25, 0.3) is 78.1 Å². The maximum Gasteiger partial charge on any atom is 0.0737 e. The predicted octanol–water partition coefficient (Wildman–Crippen LogP) is 11.4. The predicted molar refractivity (Wildman–Crippen MR) is 207 cm³/mol. The molecular weight excluding hydrogens is 599 g/mol. The molecule has 2 aliphatic heterocycles. The number of aromatic nitrogens is 5. The number of H-pyrrole nitrogens is 3. The Morgan fingerprint density at radius 1 is 0.367 bits per heavy atom. The Bertz CT molecular complexity index is 2300. The van der Waals surface area contributed by atoms with Crippen LogP contribution in [0.2, 0.25) is 0 Å². The van der Waals surface area contributed by atoms with Gasteiger partial charge >= 0.3 is 0 Å². The molecule has 6 heterocycles. The quantitative estimate of drug-likeness (QED) is 0.169. The van der Waals surface area contributed by atoms with Crippen LogP contribution in [-0.4, -0.2) is 24.9 Å². The average Bonchev–Trinajstić information content (AvgIpc) is 3.92. The molecule has 10 bridgehead atoms. The Labute approximate surface area is 288 Å². The van der Waals surface area contributed by atoms with Crippen molar-refractivity contribution < 1.29 is 0 Å². The number of aryl methyl sites for hydroxylation is 6. The van der Waals surface area contributed by atoms with Crippen LogP contribution in [0.1, 0.15) is 74.9 Å². The maximum absolute atomic E-state index is 5.34. The molecule has 8 rings (SSSR count). The summed E-state index contributed by atoms with van der Waals surface area (Å²) in [4.78, 5) is 22.4. The summed E-state index contributed by atoms with van der Waals surface area (Å²) < 4.78 is 0. The fraction of sp³-hybridized carbons (Fsp3) is 0.273.